The Morgan fingerprint density at radius 3 is 2.47 bits per heavy atom. The molecule has 1 heterocycles. The van der Waals surface area contributed by atoms with E-state index in [4.69, 9.17) is 16.3 Å². The summed E-state index contributed by atoms with van der Waals surface area (Å²) in [6, 6.07) is 9.70. The van der Waals surface area contributed by atoms with Gasteiger partial charge in [-0.25, -0.2) is 9.97 Å². The van der Waals surface area contributed by atoms with Gasteiger partial charge < -0.3 is 4.74 Å². The van der Waals surface area contributed by atoms with E-state index >= 15 is 0 Å². The molecule has 0 unspecified atom stereocenters. The average Bonchev–Trinajstić information content (AvgIpc) is 2.38. The standard InChI is InChI=1S/C13H13ClN2O/c1-9-7-12(16-13(8-14)15-9)10-3-5-11(17-2)6-4-10/h3-7H,8H2,1-2H3. The van der Waals surface area contributed by atoms with E-state index in [1.807, 2.05) is 37.3 Å². The second kappa shape index (κ2) is 5.15. The van der Waals surface area contributed by atoms with Gasteiger partial charge in [0.05, 0.1) is 18.7 Å². The summed E-state index contributed by atoms with van der Waals surface area (Å²) in [6.07, 6.45) is 0. The van der Waals surface area contributed by atoms with Gasteiger partial charge in [0, 0.05) is 11.3 Å². The first-order valence-corrected chi connectivity index (χ1v) is 5.81. The minimum absolute atomic E-state index is 0.324. The predicted octanol–water partition coefficient (Wildman–Crippen LogP) is 3.20. The van der Waals surface area contributed by atoms with E-state index < -0.39 is 0 Å². The van der Waals surface area contributed by atoms with Crippen LogP contribution >= 0.6 is 11.6 Å². The summed E-state index contributed by atoms with van der Waals surface area (Å²) >= 11 is 5.76. The van der Waals surface area contributed by atoms with Crippen LogP contribution in [0.2, 0.25) is 0 Å². The molecule has 0 fully saturated rings. The fraction of sp³-hybridized carbons (Fsp3) is 0.231. The summed E-state index contributed by atoms with van der Waals surface area (Å²) < 4.78 is 5.12. The lowest BCUT2D eigenvalue weighted by Crippen LogP contribution is -1.96. The lowest BCUT2D eigenvalue weighted by Gasteiger charge is -2.05. The molecule has 88 valence electrons. The Morgan fingerprint density at radius 2 is 1.88 bits per heavy atom. The molecule has 0 N–H and O–H groups in total. The van der Waals surface area contributed by atoms with Crippen LogP contribution in [0.4, 0.5) is 0 Å². The van der Waals surface area contributed by atoms with E-state index in [9.17, 15) is 0 Å². The van der Waals surface area contributed by atoms with Crippen LogP contribution in [0, 0.1) is 6.92 Å². The number of aromatic nitrogens is 2. The van der Waals surface area contributed by atoms with Crippen molar-refractivity contribution < 1.29 is 4.74 Å². The number of aryl methyl sites for hydroxylation is 1. The van der Waals surface area contributed by atoms with Crippen molar-refractivity contribution in [3.05, 3.63) is 41.9 Å². The maximum Gasteiger partial charge on any atom is 0.143 e. The van der Waals surface area contributed by atoms with Crippen molar-refractivity contribution in [2.24, 2.45) is 0 Å². The quantitative estimate of drug-likeness (QED) is 0.783. The maximum atomic E-state index is 5.76. The molecular weight excluding hydrogens is 236 g/mol. The number of benzene rings is 1. The minimum Gasteiger partial charge on any atom is -0.497 e. The van der Waals surface area contributed by atoms with Gasteiger partial charge >= 0.3 is 0 Å². The van der Waals surface area contributed by atoms with Crippen LogP contribution in [0.25, 0.3) is 11.3 Å². The molecule has 2 aromatic rings. The second-order valence-electron chi connectivity index (χ2n) is 3.67. The molecule has 0 radical (unpaired) electrons. The number of methoxy groups -OCH3 is 1. The van der Waals surface area contributed by atoms with Crippen LogP contribution in [0.15, 0.2) is 30.3 Å². The van der Waals surface area contributed by atoms with Crippen LogP contribution in [0.1, 0.15) is 11.5 Å². The lowest BCUT2D eigenvalue weighted by atomic mass is 10.1. The van der Waals surface area contributed by atoms with Crippen molar-refractivity contribution in [2.75, 3.05) is 7.11 Å². The van der Waals surface area contributed by atoms with E-state index in [1.165, 1.54) is 0 Å². The molecule has 0 aliphatic heterocycles. The number of ether oxygens (including phenoxy) is 1. The zero-order valence-electron chi connectivity index (χ0n) is 9.77. The Morgan fingerprint density at radius 1 is 1.18 bits per heavy atom. The monoisotopic (exact) mass is 248 g/mol. The largest absolute Gasteiger partial charge is 0.497 e. The van der Waals surface area contributed by atoms with Crippen LogP contribution in [0.3, 0.4) is 0 Å². The van der Waals surface area contributed by atoms with Crippen LogP contribution in [-0.2, 0) is 5.88 Å². The van der Waals surface area contributed by atoms with Gasteiger partial charge in [-0.05, 0) is 37.3 Å². The molecular formula is C13H13ClN2O. The molecule has 3 nitrogen and oxygen atoms in total. The summed E-state index contributed by atoms with van der Waals surface area (Å²) in [7, 11) is 1.65. The van der Waals surface area contributed by atoms with Crippen molar-refractivity contribution in [2.45, 2.75) is 12.8 Å². The molecule has 0 aliphatic rings. The van der Waals surface area contributed by atoms with Gasteiger partial charge in [-0.15, -0.1) is 11.6 Å². The van der Waals surface area contributed by atoms with Gasteiger partial charge in [0.1, 0.15) is 11.6 Å². The Balaban J connectivity index is 2.41. The highest BCUT2D eigenvalue weighted by molar-refractivity contribution is 6.16. The van der Waals surface area contributed by atoms with Gasteiger partial charge in [0.2, 0.25) is 0 Å². The number of halogens is 1. The summed E-state index contributed by atoms with van der Waals surface area (Å²) in [6.45, 7) is 1.94. The van der Waals surface area contributed by atoms with Gasteiger partial charge in [-0.3, -0.25) is 0 Å². The third-order valence-electron chi connectivity index (χ3n) is 2.41. The predicted molar refractivity (Wildman–Crippen MR) is 68.3 cm³/mol. The molecule has 0 bridgehead atoms. The lowest BCUT2D eigenvalue weighted by molar-refractivity contribution is 0.415. The minimum atomic E-state index is 0.324. The number of rotatable bonds is 3. The molecule has 0 saturated carbocycles. The summed E-state index contributed by atoms with van der Waals surface area (Å²) in [4.78, 5) is 8.64. The van der Waals surface area contributed by atoms with Gasteiger partial charge in [0.25, 0.3) is 0 Å². The smallest absolute Gasteiger partial charge is 0.143 e. The van der Waals surface area contributed by atoms with E-state index in [1.54, 1.807) is 7.11 Å². The zero-order valence-corrected chi connectivity index (χ0v) is 10.5. The van der Waals surface area contributed by atoms with Gasteiger partial charge in [-0.1, -0.05) is 0 Å². The molecule has 1 aromatic carbocycles. The molecule has 17 heavy (non-hydrogen) atoms. The molecule has 1 aromatic heterocycles. The fourth-order valence-electron chi connectivity index (χ4n) is 1.60. The molecule has 2 rings (SSSR count). The topological polar surface area (TPSA) is 35.0 Å². The normalized spacial score (nSPS) is 10.3. The van der Waals surface area contributed by atoms with Crippen molar-refractivity contribution in [1.29, 1.82) is 0 Å². The molecule has 4 heteroatoms. The second-order valence-corrected chi connectivity index (χ2v) is 3.94. The zero-order chi connectivity index (χ0) is 12.3. The van der Waals surface area contributed by atoms with E-state index in [0.717, 1.165) is 22.7 Å². The molecule has 0 saturated heterocycles. The number of nitrogens with zero attached hydrogens (tertiary/aromatic N) is 2. The Bertz CT molecular complexity index is 511. The first-order chi connectivity index (χ1) is 8.22. The third kappa shape index (κ3) is 2.74. The van der Waals surface area contributed by atoms with Crippen molar-refractivity contribution in [3.63, 3.8) is 0 Å². The maximum absolute atomic E-state index is 5.76. The van der Waals surface area contributed by atoms with Crippen molar-refractivity contribution in [3.8, 4) is 17.0 Å². The van der Waals surface area contributed by atoms with Crippen molar-refractivity contribution >= 4 is 11.6 Å². The summed E-state index contributed by atoms with van der Waals surface area (Å²) in [5.74, 6) is 1.81. The highest BCUT2D eigenvalue weighted by Gasteiger charge is 2.04. The molecule has 0 spiro atoms. The van der Waals surface area contributed by atoms with Gasteiger partial charge in [-0.2, -0.15) is 0 Å². The molecule has 0 amide bonds. The fourth-order valence-corrected chi connectivity index (χ4v) is 1.72. The number of hydrogen-bond acceptors (Lipinski definition) is 3. The number of hydrogen-bond donors (Lipinski definition) is 0. The highest BCUT2D eigenvalue weighted by Crippen LogP contribution is 2.21. The molecule has 0 aliphatic carbocycles. The molecule has 0 atom stereocenters. The van der Waals surface area contributed by atoms with E-state index in [2.05, 4.69) is 9.97 Å². The summed E-state index contributed by atoms with van der Waals surface area (Å²) in [5, 5.41) is 0. The van der Waals surface area contributed by atoms with Gasteiger partial charge in [0.15, 0.2) is 0 Å². The first-order valence-electron chi connectivity index (χ1n) is 5.28. The van der Waals surface area contributed by atoms with Crippen LogP contribution < -0.4 is 4.74 Å². The SMILES string of the molecule is COc1ccc(-c2cc(C)nc(CCl)n2)cc1. The van der Waals surface area contributed by atoms with Crippen molar-refractivity contribution in [1.82, 2.24) is 9.97 Å². The van der Waals surface area contributed by atoms with E-state index in [-0.39, 0.29) is 0 Å². The summed E-state index contributed by atoms with van der Waals surface area (Å²) in [5.41, 5.74) is 2.83. The third-order valence-corrected chi connectivity index (χ3v) is 2.64. The Hall–Kier alpha value is -1.61. The Kier molecular flexibility index (Phi) is 3.59. The van der Waals surface area contributed by atoms with Crippen LogP contribution in [-0.4, -0.2) is 17.1 Å². The van der Waals surface area contributed by atoms with Crippen LogP contribution in [0.5, 0.6) is 5.75 Å². The van der Waals surface area contributed by atoms with E-state index in [0.29, 0.717) is 11.7 Å². The highest BCUT2D eigenvalue weighted by atomic mass is 35.5. The first kappa shape index (κ1) is 11.9. The average molecular weight is 249 g/mol. The number of alkyl halides is 1. The Labute approximate surface area is 105 Å².